The summed E-state index contributed by atoms with van der Waals surface area (Å²) < 4.78 is 8.14. The molecule has 0 aliphatic carbocycles. The third kappa shape index (κ3) is 5.67. The lowest BCUT2D eigenvalue weighted by atomic mass is 9.99. The van der Waals surface area contributed by atoms with Crippen LogP contribution in [0.15, 0.2) is 41.5 Å². The summed E-state index contributed by atoms with van der Waals surface area (Å²) in [5.41, 5.74) is 1.31. The highest BCUT2D eigenvalue weighted by Gasteiger charge is 2.32. The van der Waals surface area contributed by atoms with Crippen LogP contribution in [0.5, 0.6) is 0 Å². The molecule has 2 aromatic rings. The second kappa shape index (κ2) is 10.8. The van der Waals surface area contributed by atoms with E-state index in [2.05, 4.69) is 65.6 Å². The number of hydrogen-bond donors (Lipinski definition) is 2. The molecule has 0 spiro atoms. The van der Waals surface area contributed by atoms with Gasteiger partial charge in [0.25, 0.3) is 0 Å². The van der Waals surface area contributed by atoms with Crippen LogP contribution in [0, 0.1) is 0 Å². The second-order valence-corrected chi connectivity index (χ2v) is 9.00. The number of nitrogens with one attached hydrogen (secondary N) is 2. The average molecular weight is 403 g/mol. The maximum absolute atomic E-state index is 5.58. The van der Waals surface area contributed by atoms with Crippen molar-refractivity contribution >= 4 is 28.6 Å². The summed E-state index contributed by atoms with van der Waals surface area (Å²) in [6.45, 7) is 9.72. The van der Waals surface area contributed by atoms with Crippen LogP contribution in [0.4, 0.5) is 0 Å². The van der Waals surface area contributed by atoms with Crippen LogP contribution >= 0.6 is 11.8 Å². The number of rotatable bonds is 9. The minimum atomic E-state index is 0.236. The average Bonchev–Trinajstić information content (AvgIpc) is 3.13. The normalized spacial score (nSPS) is 17.0. The molecular formula is C22H34N4OS. The molecule has 6 heteroatoms. The van der Waals surface area contributed by atoms with Crippen LogP contribution < -0.4 is 10.6 Å². The predicted octanol–water partition coefficient (Wildman–Crippen LogP) is 3.89. The number of fused-ring (bicyclic) bond motifs is 1. The topological polar surface area (TPSA) is 50.6 Å². The number of guanidine groups is 1. The molecule has 2 N–H and O–H groups in total. The predicted molar refractivity (Wildman–Crippen MR) is 121 cm³/mol. The van der Waals surface area contributed by atoms with Crippen LogP contribution in [0.25, 0.3) is 10.9 Å². The third-order valence-electron chi connectivity index (χ3n) is 5.27. The summed E-state index contributed by atoms with van der Waals surface area (Å²) in [7, 11) is 0. The first kappa shape index (κ1) is 21.1. The highest BCUT2D eigenvalue weighted by atomic mass is 32.2. The fraction of sp³-hybridized carbons (Fsp3) is 0.591. The fourth-order valence-corrected chi connectivity index (χ4v) is 4.98. The Kier molecular flexibility index (Phi) is 8.10. The number of aliphatic imine (C=N–C) groups is 1. The molecule has 1 aromatic heterocycles. The van der Waals surface area contributed by atoms with Crippen molar-refractivity contribution in [1.29, 1.82) is 0 Å². The molecule has 0 atom stereocenters. The van der Waals surface area contributed by atoms with Gasteiger partial charge in [0.05, 0.1) is 6.54 Å². The zero-order valence-corrected chi connectivity index (χ0v) is 18.1. The number of aryl methyl sites for hydroxylation is 1. The van der Waals surface area contributed by atoms with E-state index in [1.165, 1.54) is 10.9 Å². The van der Waals surface area contributed by atoms with Gasteiger partial charge in [0.1, 0.15) is 0 Å². The molecule has 0 unspecified atom stereocenters. The van der Waals surface area contributed by atoms with Crippen molar-refractivity contribution in [3.63, 3.8) is 0 Å². The molecule has 154 valence electrons. The monoisotopic (exact) mass is 402 g/mol. The standard InChI is InChI=1S/C22H34N4OS/c1-3-23-21(25-18-22(28-4-2)11-16-27-17-12-22)24-13-7-14-26-15-10-19-8-5-6-9-20(19)26/h5-6,8-10,15H,3-4,7,11-14,16-18H2,1-2H3,(H2,23,24,25). The van der Waals surface area contributed by atoms with Gasteiger partial charge in [0.2, 0.25) is 0 Å². The van der Waals surface area contributed by atoms with Crippen molar-refractivity contribution in [3.8, 4) is 0 Å². The van der Waals surface area contributed by atoms with E-state index in [9.17, 15) is 0 Å². The van der Waals surface area contributed by atoms with Crippen molar-refractivity contribution in [2.75, 3.05) is 38.6 Å². The Morgan fingerprint density at radius 3 is 2.79 bits per heavy atom. The minimum absolute atomic E-state index is 0.236. The Morgan fingerprint density at radius 2 is 2.00 bits per heavy atom. The molecule has 5 nitrogen and oxygen atoms in total. The van der Waals surface area contributed by atoms with E-state index >= 15 is 0 Å². The maximum Gasteiger partial charge on any atom is 0.191 e. The molecular weight excluding hydrogens is 368 g/mol. The van der Waals surface area contributed by atoms with Crippen molar-refractivity contribution in [2.45, 2.75) is 44.4 Å². The smallest absolute Gasteiger partial charge is 0.191 e. The number of para-hydroxylation sites is 1. The van der Waals surface area contributed by atoms with Crippen LogP contribution in [-0.4, -0.2) is 53.9 Å². The van der Waals surface area contributed by atoms with Gasteiger partial charge in [0.15, 0.2) is 5.96 Å². The Hall–Kier alpha value is -1.66. The molecule has 0 amide bonds. The Morgan fingerprint density at radius 1 is 1.18 bits per heavy atom. The largest absolute Gasteiger partial charge is 0.381 e. The fourth-order valence-electron chi connectivity index (χ4n) is 3.75. The van der Waals surface area contributed by atoms with E-state index in [-0.39, 0.29) is 4.75 Å². The van der Waals surface area contributed by atoms with E-state index in [0.717, 1.165) is 70.4 Å². The van der Waals surface area contributed by atoms with E-state index in [4.69, 9.17) is 9.73 Å². The highest BCUT2D eigenvalue weighted by Crippen LogP contribution is 2.35. The van der Waals surface area contributed by atoms with Gasteiger partial charge in [0, 0.05) is 49.3 Å². The Balaban J connectivity index is 1.51. The van der Waals surface area contributed by atoms with Crippen LogP contribution in [0.3, 0.4) is 0 Å². The zero-order valence-electron chi connectivity index (χ0n) is 17.2. The molecule has 0 radical (unpaired) electrons. The maximum atomic E-state index is 5.58. The van der Waals surface area contributed by atoms with Crippen molar-refractivity contribution in [3.05, 3.63) is 36.5 Å². The number of aromatic nitrogens is 1. The number of benzene rings is 1. The van der Waals surface area contributed by atoms with Gasteiger partial charge >= 0.3 is 0 Å². The molecule has 1 fully saturated rings. The molecule has 1 aromatic carbocycles. The van der Waals surface area contributed by atoms with Crippen LogP contribution in [0.2, 0.25) is 0 Å². The highest BCUT2D eigenvalue weighted by molar-refractivity contribution is 8.00. The summed E-state index contributed by atoms with van der Waals surface area (Å²) in [6.07, 6.45) is 5.43. The lowest BCUT2D eigenvalue weighted by Crippen LogP contribution is -2.41. The quantitative estimate of drug-likeness (QED) is 0.380. The zero-order chi connectivity index (χ0) is 19.7. The second-order valence-electron chi connectivity index (χ2n) is 7.27. The summed E-state index contributed by atoms with van der Waals surface area (Å²) in [5.74, 6) is 2.06. The minimum Gasteiger partial charge on any atom is -0.381 e. The summed E-state index contributed by atoms with van der Waals surface area (Å²) >= 11 is 2.04. The molecule has 1 aliphatic rings. The van der Waals surface area contributed by atoms with Gasteiger partial charge in [-0.05, 0) is 49.5 Å². The van der Waals surface area contributed by atoms with Gasteiger partial charge in [-0.1, -0.05) is 25.1 Å². The number of hydrogen-bond acceptors (Lipinski definition) is 3. The Labute approximate surface area is 173 Å². The van der Waals surface area contributed by atoms with E-state index < -0.39 is 0 Å². The first-order chi connectivity index (χ1) is 13.8. The number of nitrogens with zero attached hydrogens (tertiary/aromatic N) is 2. The van der Waals surface area contributed by atoms with Gasteiger partial charge in [-0.2, -0.15) is 11.8 Å². The van der Waals surface area contributed by atoms with Gasteiger partial charge < -0.3 is 19.9 Å². The molecule has 0 saturated carbocycles. The summed E-state index contributed by atoms with van der Waals surface area (Å²) in [4.78, 5) is 4.92. The SMILES string of the molecule is CCNC(=NCC1(SCC)CCOCC1)NCCCn1ccc2ccccc21. The number of ether oxygens (including phenoxy) is 1. The lowest BCUT2D eigenvalue weighted by molar-refractivity contribution is 0.0793. The third-order valence-corrected chi connectivity index (χ3v) is 6.71. The van der Waals surface area contributed by atoms with Crippen molar-refractivity contribution < 1.29 is 4.74 Å². The van der Waals surface area contributed by atoms with E-state index in [1.54, 1.807) is 0 Å². The number of thioether (sulfide) groups is 1. The van der Waals surface area contributed by atoms with Crippen LogP contribution in [-0.2, 0) is 11.3 Å². The first-order valence-corrected chi connectivity index (χ1v) is 11.5. The molecule has 2 heterocycles. The molecule has 3 rings (SSSR count). The van der Waals surface area contributed by atoms with E-state index in [1.807, 2.05) is 11.8 Å². The van der Waals surface area contributed by atoms with E-state index in [0.29, 0.717) is 0 Å². The summed E-state index contributed by atoms with van der Waals surface area (Å²) in [6, 6.07) is 10.7. The van der Waals surface area contributed by atoms with Gasteiger partial charge in [-0.25, -0.2) is 0 Å². The lowest BCUT2D eigenvalue weighted by Gasteiger charge is -2.35. The molecule has 1 saturated heterocycles. The first-order valence-electron chi connectivity index (χ1n) is 10.5. The Bertz CT molecular complexity index is 746. The van der Waals surface area contributed by atoms with Crippen molar-refractivity contribution in [2.24, 2.45) is 4.99 Å². The van der Waals surface area contributed by atoms with Crippen molar-refractivity contribution in [1.82, 2.24) is 15.2 Å². The molecule has 1 aliphatic heterocycles. The van der Waals surface area contributed by atoms with Gasteiger partial charge in [-0.3, -0.25) is 4.99 Å². The summed E-state index contributed by atoms with van der Waals surface area (Å²) in [5, 5.41) is 8.22. The molecule has 0 bridgehead atoms. The molecule has 28 heavy (non-hydrogen) atoms. The van der Waals surface area contributed by atoms with Gasteiger partial charge in [-0.15, -0.1) is 0 Å². The van der Waals surface area contributed by atoms with Crippen LogP contribution in [0.1, 0.15) is 33.1 Å².